The van der Waals surface area contributed by atoms with Gasteiger partial charge in [-0.3, -0.25) is 4.79 Å². The first-order valence-corrected chi connectivity index (χ1v) is 8.23. The Hall–Kier alpha value is -2.75. The third kappa shape index (κ3) is 4.21. The molecule has 0 unspecified atom stereocenters. The van der Waals surface area contributed by atoms with E-state index in [2.05, 4.69) is 5.32 Å². The van der Waals surface area contributed by atoms with E-state index in [9.17, 15) is 14.4 Å². The van der Waals surface area contributed by atoms with Crippen LogP contribution < -0.4 is 11.1 Å². The largest absolute Gasteiger partial charge is 0.493 e. The number of hydrogen-bond donors (Lipinski definition) is 2. The number of anilines is 1. The van der Waals surface area contributed by atoms with Gasteiger partial charge in [0.15, 0.2) is 0 Å². The summed E-state index contributed by atoms with van der Waals surface area (Å²) in [5, 5.41) is 2.56. The molecule has 9 nitrogen and oxygen atoms in total. The average molecular weight is 370 g/mol. The molecule has 0 aromatic carbocycles. The van der Waals surface area contributed by atoms with Gasteiger partial charge >= 0.3 is 11.9 Å². The maximum Gasteiger partial charge on any atom is 0.377 e. The van der Waals surface area contributed by atoms with Crippen molar-refractivity contribution < 1.29 is 33.3 Å². The molecule has 1 aromatic rings. The van der Waals surface area contributed by atoms with E-state index < -0.39 is 17.8 Å². The second-order valence-electron chi connectivity index (χ2n) is 4.73. The fourth-order valence-corrected chi connectivity index (χ4v) is 3.04. The Morgan fingerprint density at radius 1 is 1.28 bits per heavy atom. The van der Waals surface area contributed by atoms with Gasteiger partial charge in [-0.05, 0) is 6.92 Å². The van der Waals surface area contributed by atoms with Gasteiger partial charge in [0, 0.05) is 12.6 Å². The number of esters is 2. The molecule has 1 aromatic heterocycles. The zero-order valence-corrected chi connectivity index (χ0v) is 14.6. The number of carbonyl (C=O) groups is 3. The van der Waals surface area contributed by atoms with Gasteiger partial charge in [-0.25, -0.2) is 9.59 Å². The van der Waals surface area contributed by atoms with Crippen molar-refractivity contribution in [2.75, 3.05) is 32.6 Å². The van der Waals surface area contributed by atoms with Crippen LogP contribution >= 0.6 is 11.3 Å². The summed E-state index contributed by atoms with van der Waals surface area (Å²) >= 11 is 0.918. The first kappa shape index (κ1) is 18.6. The van der Waals surface area contributed by atoms with Crippen LogP contribution in [0.15, 0.2) is 12.0 Å². The van der Waals surface area contributed by atoms with Gasteiger partial charge in [-0.1, -0.05) is 0 Å². The van der Waals surface area contributed by atoms with Crippen molar-refractivity contribution >= 4 is 34.2 Å². The SMILES string of the molecule is CCOC(=O)c1c(N)sc(C(=O)NC)c1COC(=O)C1=COCCO1. The highest BCUT2D eigenvalue weighted by atomic mass is 32.1. The van der Waals surface area contributed by atoms with Gasteiger partial charge in [-0.2, -0.15) is 0 Å². The van der Waals surface area contributed by atoms with Gasteiger partial charge in [0.25, 0.3) is 5.91 Å². The van der Waals surface area contributed by atoms with E-state index >= 15 is 0 Å². The first-order chi connectivity index (χ1) is 12.0. The molecule has 1 amide bonds. The molecule has 1 aliphatic rings. The summed E-state index contributed by atoms with van der Waals surface area (Å²) in [5.41, 5.74) is 6.06. The first-order valence-electron chi connectivity index (χ1n) is 7.41. The fourth-order valence-electron chi connectivity index (χ4n) is 2.03. The van der Waals surface area contributed by atoms with Crippen molar-refractivity contribution in [1.29, 1.82) is 0 Å². The maximum atomic E-state index is 12.1. The van der Waals surface area contributed by atoms with Crippen LogP contribution in [0.2, 0.25) is 0 Å². The van der Waals surface area contributed by atoms with Gasteiger partial charge in [0.05, 0.1) is 6.61 Å². The fraction of sp³-hybridized carbons (Fsp3) is 0.400. The molecule has 0 spiro atoms. The third-order valence-corrected chi connectivity index (χ3v) is 4.20. The van der Waals surface area contributed by atoms with Crippen LogP contribution in [0, 0.1) is 0 Å². The van der Waals surface area contributed by atoms with Gasteiger partial charge in [-0.15, -0.1) is 11.3 Å². The summed E-state index contributed by atoms with van der Waals surface area (Å²) in [7, 11) is 1.44. The minimum atomic E-state index is -0.776. The normalized spacial score (nSPS) is 13.1. The van der Waals surface area contributed by atoms with Crippen LogP contribution in [0.3, 0.4) is 0 Å². The summed E-state index contributed by atoms with van der Waals surface area (Å²) in [6.45, 7) is 2.01. The zero-order chi connectivity index (χ0) is 18.4. The quantitative estimate of drug-likeness (QED) is 0.704. The average Bonchev–Trinajstić information content (AvgIpc) is 2.96. The highest BCUT2D eigenvalue weighted by Crippen LogP contribution is 2.32. The predicted octanol–water partition coefficient (Wildman–Crippen LogP) is 0.798. The number of hydrogen-bond acceptors (Lipinski definition) is 9. The number of nitrogens with one attached hydrogen (secondary N) is 1. The monoisotopic (exact) mass is 370 g/mol. The Morgan fingerprint density at radius 3 is 2.64 bits per heavy atom. The van der Waals surface area contributed by atoms with Crippen LogP contribution in [0.4, 0.5) is 5.00 Å². The van der Waals surface area contributed by atoms with Crippen molar-refractivity contribution in [3.63, 3.8) is 0 Å². The Morgan fingerprint density at radius 2 is 2.04 bits per heavy atom. The zero-order valence-electron chi connectivity index (χ0n) is 13.7. The number of ether oxygens (including phenoxy) is 4. The molecule has 0 bridgehead atoms. The van der Waals surface area contributed by atoms with E-state index in [4.69, 9.17) is 24.7 Å². The maximum absolute atomic E-state index is 12.1. The van der Waals surface area contributed by atoms with Gasteiger partial charge < -0.3 is 30.0 Å². The van der Waals surface area contributed by atoms with Crippen LogP contribution in [0.5, 0.6) is 0 Å². The van der Waals surface area contributed by atoms with E-state index in [0.717, 1.165) is 17.6 Å². The third-order valence-electron chi connectivity index (χ3n) is 3.15. The predicted molar refractivity (Wildman–Crippen MR) is 87.9 cm³/mol. The van der Waals surface area contributed by atoms with Crippen LogP contribution in [0.1, 0.15) is 32.5 Å². The molecule has 3 N–H and O–H groups in total. The molecule has 0 fully saturated rings. The van der Waals surface area contributed by atoms with Crippen molar-refractivity contribution in [2.24, 2.45) is 0 Å². The van der Waals surface area contributed by atoms with E-state index in [1.54, 1.807) is 6.92 Å². The molecule has 25 heavy (non-hydrogen) atoms. The number of rotatable bonds is 6. The number of nitrogen functional groups attached to an aromatic ring is 1. The summed E-state index contributed by atoms with van der Waals surface area (Å²) in [6.07, 6.45) is 1.15. The highest BCUT2D eigenvalue weighted by molar-refractivity contribution is 7.18. The Balaban J connectivity index is 2.26. The van der Waals surface area contributed by atoms with Gasteiger partial charge in [0.1, 0.15) is 41.5 Å². The summed E-state index contributed by atoms with van der Waals surface area (Å²) in [4.78, 5) is 36.3. The number of carbonyl (C=O) groups excluding carboxylic acids is 3. The highest BCUT2D eigenvalue weighted by Gasteiger charge is 2.28. The van der Waals surface area contributed by atoms with Crippen LogP contribution in [0.25, 0.3) is 0 Å². The Labute approximate surface area is 147 Å². The molecule has 0 saturated carbocycles. The Bertz CT molecular complexity index is 711. The number of nitrogens with two attached hydrogens (primary N) is 1. The lowest BCUT2D eigenvalue weighted by molar-refractivity contribution is -0.145. The Kier molecular flexibility index (Phi) is 6.23. The van der Waals surface area contributed by atoms with E-state index in [-0.39, 0.29) is 46.6 Å². The molecule has 0 atom stereocenters. The lowest BCUT2D eigenvalue weighted by atomic mass is 10.1. The van der Waals surface area contributed by atoms with Crippen LogP contribution in [-0.2, 0) is 30.3 Å². The molecule has 0 saturated heterocycles. The molecule has 1 aliphatic heterocycles. The molecule has 2 heterocycles. The standard InChI is InChI=1S/C15H18N2O7S/c1-3-22-15(20)10-8(11(13(18)17-2)25-12(10)16)6-24-14(19)9-7-21-4-5-23-9/h7H,3-6,16H2,1-2H3,(H,17,18). The summed E-state index contributed by atoms with van der Waals surface area (Å²) < 4.78 is 20.2. The van der Waals surface area contributed by atoms with Crippen molar-refractivity contribution in [1.82, 2.24) is 5.32 Å². The second-order valence-corrected chi connectivity index (χ2v) is 5.78. The van der Waals surface area contributed by atoms with Crippen molar-refractivity contribution in [2.45, 2.75) is 13.5 Å². The number of amides is 1. The smallest absolute Gasteiger partial charge is 0.377 e. The van der Waals surface area contributed by atoms with Gasteiger partial charge in [0.2, 0.25) is 5.76 Å². The van der Waals surface area contributed by atoms with Crippen molar-refractivity contribution in [3.8, 4) is 0 Å². The van der Waals surface area contributed by atoms with Crippen LogP contribution in [-0.4, -0.2) is 44.7 Å². The molecule has 0 aliphatic carbocycles. The topological polar surface area (TPSA) is 126 Å². The summed E-state index contributed by atoms with van der Waals surface area (Å²) in [5.74, 6) is -2.00. The minimum absolute atomic E-state index is 0.0213. The number of thiophene rings is 1. The molecule has 10 heteroatoms. The lowest BCUT2D eigenvalue weighted by Gasteiger charge is -2.14. The summed E-state index contributed by atoms with van der Waals surface area (Å²) in [6, 6.07) is 0. The van der Waals surface area contributed by atoms with E-state index in [1.807, 2.05) is 0 Å². The molecular weight excluding hydrogens is 352 g/mol. The van der Waals surface area contributed by atoms with E-state index in [1.165, 1.54) is 7.05 Å². The minimum Gasteiger partial charge on any atom is -0.493 e. The molecule has 2 rings (SSSR count). The lowest BCUT2D eigenvalue weighted by Crippen LogP contribution is -2.21. The molecular formula is C15H18N2O7S. The molecule has 136 valence electrons. The molecule has 0 radical (unpaired) electrons. The van der Waals surface area contributed by atoms with Crippen molar-refractivity contribution in [3.05, 3.63) is 28.0 Å². The second kappa shape index (κ2) is 8.38. The van der Waals surface area contributed by atoms with E-state index in [0.29, 0.717) is 6.61 Å².